The van der Waals surface area contributed by atoms with Crippen LogP contribution in [-0.4, -0.2) is 41.5 Å². The van der Waals surface area contributed by atoms with E-state index in [-0.39, 0.29) is 11.9 Å². The molecule has 0 radical (unpaired) electrons. The minimum Gasteiger partial charge on any atom is -0.347 e. The molecule has 0 saturated carbocycles. The Morgan fingerprint density at radius 1 is 1.22 bits per heavy atom. The van der Waals surface area contributed by atoms with Crippen molar-refractivity contribution in [2.75, 3.05) is 0 Å². The van der Waals surface area contributed by atoms with Crippen molar-refractivity contribution in [2.45, 2.75) is 25.4 Å². The van der Waals surface area contributed by atoms with Crippen LogP contribution in [0.4, 0.5) is 0 Å². The van der Waals surface area contributed by atoms with E-state index in [2.05, 4.69) is 31.6 Å². The SMILES string of the molecule is Cn1ncc(-c2ncccc2C#N)c1C(=O)NC1CCn2nc(-c3ccccc3)nc2C1. The van der Waals surface area contributed by atoms with Crippen molar-refractivity contribution in [2.24, 2.45) is 7.05 Å². The predicted octanol–water partition coefficient (Wildman–Crippen LogP) is 2.36. The largest absolute Gasteiger partial charge is 0.347 e. The zero-order valence-electron chi connectivity index (χ0n) is 17.4. The molecule has 9 nitrogen and oxygen atoms in total. The summed E-state index contributed by atoms with van der Waals surface area (Å²) in [4.78, 5) is 22.2. The van der Waals surface area contributed by atoms with Crippen LogP contribution in [0.1, 0.15) is 28.3 Å². The Morgan fingerprint density at radius 2 is 2.06 bits per heavy atom. The summed E-state index contributed by atoms with van der Waals surface area (Å²) in [5.74, 6) is 1.29. The quantitative estimate of drug-likeness (QED) is 0.538. The number of pyridine rings is 1. The fraction of sp³-hybridized carbons (Fsp3) is 0.217. The summed E-state index contributed by atoms with van der Waals surface area (Å²) in [5, 5.41) is 21.4. The maximum Gasteiger partial charge on any atom is 0.270 e. The van der Waals surface area contributed by atoms with Crippen molar-refractivity contribution in [3.63, 3.8) is 0 Å². The Morgan fingerprint density at radius 3 is 2.88 bits per heavy atom. The lowest BCUT2D eigenvalue weighted by atomic mass is 10.0. The Labute approximate surface area is 184 Å². The number of nitriles is 1. The van der Waals surface area contributed by atoms with Gasteiger partial charge in [0.05, 0.1) is 23.0 Å². The Balaban J connectivity index is 1.37. The number of carbonyl (C=O) groups is 1. The van der Waals surface area contributed by atoms with Crippen LogP contribution < -0.4 is 5.32 Å². The highest BCUT2D eigenvalue weighted by Crippen LogP contribution is 2.25. The molecule has 1 amide bonds. The van der Waals surface area contributed by atoms with E-state index in [4.69, 9.17) is 0 Å². The van der Waals surface area contributed by atoms with Gasteiger partial charge in [0.15, 0.2) is 5.82 Å². The summed E-state index contributed by atoms with van der Waals surface area (Å²) in [6, 6.07) is 15.3. The third-order valence-electron chi connectivity index (χ3n) is 5.57. The molecule has 4 aromatic rings. The molecule has 1 unspecified atom stereocenters. The lowest BCUT2D eigenvalue weighted by Crippen LogP contribution is -2.41. The van der Waals surface area contributed by atoms with Crippen molar-refractivity contribution in [3.05, 3.63) is 71.9 Å². The highest BCUT2D eigenvalue weighted by Gasteiger charge is 2.27. The number of rotatable bonds is 4. The first-order valence-electron chi connectivity index (χ1n) is 10.3. The third-order valence-corrected chi connectivity index (χ3v) is 5.57. The number of aryl methyl sites for hydroxylation is 2. The summed E-state index contributed by atoms with van der Waals surface area (Å²) >= 11 is 0. The van der Waals surface area contributed by atoms with E-state index in [0.717, 1.165) is 17.8 Å². The smallest absolute Gasteiger partial charge is 0.270 e. The number of benzene rings is 1. The first kappa shape index (κ1) is 19.6. The molecule has 0 saturated heterocycles. The van der Waals surface area contributed by atoms with Crippen molar-refractivity contribution >= 4 is 5.91 Å². The van der Waals surface area contributed by atoms with Gasteiger partial charge in [0.2, 0.25) is 0 Å². The van der Waals surface area contributed by atoms with Crippen LogP contribution in [0.25, 0.3) is 22.6 Å². The van der Waals surface area contributed by atoms with E-state index in [9.17, 15) is 10.1 Å². The number of nitrogens with one attached hydrogen (secondary N) is 1. The van der Waals surface area contributed by atoms with Crippen molar-refractivity contribution in [1.29, 1.82) is 5.26 Å². The van der Waals surface area contributed by atoms with Gasteiger partial charge in [-0.1, -0.05) is 30.3 Å². The molecule has 1 N–H and O–H groups in total. The Bertz CT molecular complexity index is 1330. The van der Waals surface area contributed by atoms with Crippen molar-refractivity contribution in [1.82, 2.24) is 34.8 Å². The van der Waals surface area contributed by atoms with Crippen LogP contribution in [0.2, 0.25) is 0 Å². The number of fused-ring (bicyclic) bond motifs is 1. The minimum absolute atomic E-state index is 0.0789. The normalized spacial score (nSPS) is 15.1. The van der Waals surface area contributed by atoms with Gasteiger partial charge < -0.3 is 5.32 Å². The molecule has 1 atom stereocenters. The lowest BCUT2D eigenvalue weighted by Gasteiger charge is -2.23. The van der Waals surface area contributed by atoms with Gasteiger partial charge in [-0.3, -0.25) is 14.5 Å². The van der Waals surface area contributed by atoms with E-state index < -0.39 is 0 Å². The molecule has 158 valence electrons. The number of aromatic nitrogens is 6. The van der Waals surface area contributed by atoms with Crippen molar-refractivity contribution in [3.8, 4) is 28.7 Å². The highest BCUT2D eigenvalue weighted by molar-refractivity contribution is 5.99. The molecule has 0 bridgehead atoms. The van der Waals surface area contributed by atoms with E-state index >= 15 is 0 Å². The van der Waals surface area contributed by atoms with Gasteiger partial charge in [-0.2, -0.15) is 15.5 Å². The summed E-state index contributed by atoms with van der Waals surface area (Å²) in [5.41, 5.74) is 2.72. The molecule has 32 heavy (non-hydrogen) atoms. The maximum absolute atomic E-state index is 13.2. The van der Waals surface area contributed by atoms with Gasteiger partial charge in [0.1, 0.15) is 17.6 Å². The second-order valence-corrected chi connectivity index (χ2v) is 7.65. The fourth-order valence-electron chi connectivity index (χ4n) is 3.98. The molecule has 1 aliphatic heterocycles. The molecule has 0 fully saturated rings. The molecule has 0 aliphatic carbocycles. The minimum atomic E-state index is -0.254. The topological polar surface area (TPSA) is 114 Å². The fourth-order valence-corrected chi connectivity index (χ4v) is 3.98. The van der Waals surface area contributed by atoms with Gasteiger partial charge in [-0.15, -0.1) is 0 Å². The average molecular weight is 424 g/mol. The Hall–Kier alpha value is -4.32. The summed E-state index contributed by atoms with van der Waals surface area (Å²) in [6.45, 7) is 0.678. The van der Waals surface area contributed by atoms with Crippen LogP contribution in [0, 0.1) is 11.3 Å². The van der Waals surface area contributed by atoms with Gasteiger partial charge in [0, 0.05) is 37.8 Å². The molecular formula is C23H20N8O. The number of hydrogen-bond acceptors (Lipinski definition) is 6. The van der Waals surface area contributed by atoms with Gasteiger partial charge in [-0.25, -0.2) is 9.67 Å². The predicted molar refractivity (Wildman–Crippen MR) is 116 cm³/mol. The summed E-state index contributed by atoms with van der Waals surface area (Å²) in [7, 11) is 1.71. The highest BCUT2D eigenvalue weighted by atomic mass is 16.2. The van der Waals surface area contributed by atoms with Crippen LogP contribution in [0.5, 0.6) is 0 Å². The zero-order chi connectivity index (χ0) is 22.1. The standard InChI is InChI=1S/C23H20N8O/c1-30-21(18(14-26-30)20-16(13-24)8-5-10-25-20)23(32)27-17-9-11-31-19(12-17)28-22(29-31)15-6-3-2-4-7-15/h2-8,10,14,17H,9,11-12H2,1H3,(H,27,32). The monoisotopic (exact) mass is 424 g/mol. The molecule has 1 aromatic carbocycles. The third kappa shape index (κ3) is 3.52. The molecule has 5 rings (SSSR count). The van der Waals surface area contributed by atoms with E-state index in [1.165, 1.54) is 4.68 Å². The molecular weight excluding hydrogens is 404 g/mol. The maximum atomic E-state index is 13.2. The van der Waals surface area contributed by atoms with Crippen LogP contribution >= 0.6 is 0 Å². The molecule has 9 heteroatoms. The van der Waals surface area contributed by atoms with E-state index in [1.54, 1.807) is 31.6 Å². The Kier molecular flexibility index (Phi) is 4.95. The van der Waals surface area contributed by atoms with Crippen LogP contribution in [0.15, 0.2) is 54.9 Å². The second-order valence-electron chi connectivity index (χ2n) is 7.65. The number of hydrogen-bond donors (Lipinski definition) is 1. The lowest BCUT2D eigenvalue weighted by molar-refractivity contribution is 0.0921. The summed E-state index contributed by atoms with van der Waals surface area (Å²) < 4.78 is 3.42. The molecule has 0 spiro atoms. The molecule has 4 heterocycles. The zero-order valence-corrected chi connectivity index (χ0v) is 17.4. The first-order valence-corrected chi connectivity index (χ1v) is 10.3. The van der Waals surface area contributed by atoms with Gasteiger partial charge in [-0.05, 0) is 18.6 Å². The van der Waals surface area contributed by atoms with Crippen LogP contribution in [-0.2, 0) is 20.0 Å². The van der Waals surface area contributed by atoms with E-state index in [1.807, 2.05) is 35.0 Å². The number of amides is 1. The number of carbonyl (C=O) groups excluding carboxylic acids is 1. The average Bonchev–Trinajstić information content (AvgIpc) is 3.42. The number of nitrogens with zero attached hydrogens (tertiary/aromatic N) is 7. The first-order chi connectivity index (χ1) is 15.6. The van der Waals surface area contributed by atoms with Gasteiger partial charge >= 0.3 is 0 Å². The summed E-state index contributed by atoms with van der Waals surface area (Å²) in [6.07, 6.45) is 4.51. The van der Waals surface area contributed by atoms with Gasteiger partial charge in [0.25, 0.3) is 5.91 Å². The van der Waals surface area contributed by atoms with E-state index in [0.29, 0.717) is 41.3 Å². The van der Waals surface area contributed by atoms with Crippen LogP contribution in [0.3, 0.4) is 0 Å². The van der Waals surface area contributed by atoms with Crippen molar-refractivity contribution < 1.29 is 4.79 Å². The molecule has 1 aliphatic rings. The second kappa shape index (κ2) is 8.07. The molecule has 3 aromatic heterocycles.